The van der Waals surface area contributed by atoms with Gasteiger partial charge < -0.3 is 0 Å². The maximum atomic E-state index is 5.13. The Balaban J connectivity index is 1.16. The normalized spacial score (nSPS) is 11.2. The van der Waals surface area contributed by atoms with E-state index >= 15 is 0 Å². The average Bonchev–Trinajstić information content (AvgIpc) is 3.21. The van der Waals surface area contributed by atoms with Gasteiger partial charge in [0.15, 0.2) is 5.82 Å². The van der Waals surface area contributed by atoms with Gasteiger partial charge in [-0.2, -0.15) is 0 Å². The molecule has 234 valence electrons. The summed E-state index contributed by atoms with van der Waals surface area (Å²) in [5, 5.41) is 4.96. The molecule has 0 saturated heterocycles. The summed E-state index contributed by atoms with van der Waals surface area (Å²) in [7, 11) is 0. The van der Waals surface area contributed by atoms with E-state index in [2.05, 4.69) is 157 Å². The van der Waals surface area contributed by atoms with Crippen molar-refractivity contribution in [2.75, 3.05) is 0 Å². The van der Waals surface area contributed by atoms with Crippen molar-refractivity contribution in [1.82, 2.24) is 15.0 Å². The molecule has 3 nitrogen and oxygen atoms in total. The second kappa shape index (κ2) is 12.7. The lowest BCUT2D eigenvalue weighted by atomic mass is 9.86. The van der Waals surface area contributed by atoms with Crippen LogP contribution in [0.1, 0.15) is 0 Å². The van der Waals surface area contributed by atoms with Crippen LogP contribution in [0.5, 0.6) is 0 Å². The Labute approximate surface area is 291 Å². The topological polar surface area (TPSA) is 38.7 Å². The first-order valence-corrected chi connectivity index (χ1v) is 16.9. The Bertz CT molecular complexity index is 2540. The highest BCUT2D eigenvalue weighted by Gasteiger charge is 2.17. The average molecular weight is 638 g/mol. The molecule has 0 aliphatic rings. The molecular formula is C47H31N3. The standard InChI is InChI=1S/C47H31N3/c1-3-12-33(13-4-1)43-30-44(34-23-21-32(22-24-34)38-16-11-29-48-31-38)50-47(49-43)37-27-25-36(26-28-37)46-41-19-9-7-17-39(41)45(35-14-5-2-6-15-35)40-18-8-10-20-42(40)46/h1-31H. The maximum absolute atomic E-state index is 5.13. The van der Waals surface area contributed by atoms with Crippen LogP contribution in [-0.2, 0) is 0 Å². The van der Waals surface area contributed by atoms with Crippen LogP contribution in [0.2, 0.25) is 0 Å². The number of hydrogen-bond donors (Lipinski definition) is 0. The SMILES string of the molecule is c1ccc(-c2cc(-c3ccc(-c4cccnc4)cc3)nc(-c3ccc(-c4c5ccccc5c(-c5ccccc5)c5ccccc45)cc3)n2)cc1. The molecule has 0 bridgehead atoms. The molecule has 2 aromatic heterocycles. The smallest absolute Gasteiger partial charge is 0.160 e. The summed E-state index contributed by atoms with van der Waals surface area (Å²) in [5.74, 6) is 0.693. The van der Waals surface area contributed by atoms with Gasteiger partial charge in [0.1, 0.15) is 0 Å². The fraction of sp³-hybridized carbons (Fsp3) is 0. The van der Waals surface area contributed by atoms with Crippen molar-refractivity contribution in [1.29, 1.82) is 0 Å². The minimum Gasteiger partial charge on any atom is -0.264 e. The van der Waals surface area contributed by atoms with Crippen LogP contribution in [0.3, 0.4) is 0 Å². The van der Waals surface area contributed by atoms with Crippen LogP contribution < -0.4 is 0 Å². The molecule has 0 N–H and O–H groups in total. The van der Waals surface area contributed by atoms with Crippen molar-refractivity contribution < 1.29 is 0 Å². The number of pyridine rings is 1. The summed E-state index contributed by atoms with van der Waals surface area (Å²) in [4.78, 5) is 14.5. The fourth-order valence-electron chi connectivity index (χ4n) is 6.99. The van der Waals surface area contributed by atoms with Crippen molar-refractivity contribution >= 4 is 21.5 Å². The van der Waals surface area contributed by atoms with Gasteiger partial charge in [0, 0.05) is 29.1 Å². The van der Waals surface area contributed by atoms with E-state index in [0.29, 0.717) is 5.82 Å². The van der Waals surface area contributed by atoms with E-state index in [1.54, 1.807) is 6.20 Å². The highest BCUT2D eigenvalue weighted by Crippen LogP contribution is 2.43. The van der Waals surface area contributed by atoms with Crippen LogP contribution in [0.15, 0.2) is 188 Å². The number of fused-ring (bicyclic) bond motifs is 2. The molecule has 0 aliphatic carbocycles. The second-order valence-electron chi connectivity index (χ2n) is 12.4. The Kier molecular flexibility index (Phi) is 7.49. The molecule has 9 rings (SSSR count). The molecule has 0 radical (unpaired) electrons. The van der Waals surface area contributed by atoms with Crippen LogP contribution in [0.4, 0.5) is 0 Å². The van der Waals surface area contributed by atoms with Crippen LogP contribution >= 0.6 is 0 Å². The third-order valence-electron chi connectivity index (χ3n) is 9.40. The molecule has 0 saturated carbocycles. The van der Waals surface area contributed by atoms with E-state index in [4.69, 9.17) is 9.97 Å². The molecule has 0 unspecified atom stereocenters. The lowest BCUT2D eigenvalue weighted by molar-refractivity contribution is 1.18. The second-order valence-corrected chi connectivity index (χ2v) is 12.4. The molecule has 0 amide bonds. The summed E-state index contributed by atoms with van der Waals surface area (Å²) in [6.07, 6.45) is 3.68. The first-order valence-electron chi connectivity index (χ1n) is 16.9. The fourth-order valence-corrected chi connectivity index (χ4v) is 6.99. The zero-order chi connectivity index (χ0) is 33.3. The minimum absolute atomic E-state index is 0.693. The molecule has 50 heavy (non-hydrogen) atoms. The zero-order valence-electron chi connectivity index (χ0n) is 27.2. The zero-order valence-corrected chi connectivity index (χ0v) is 27.2. The molecule has 3 heteroatoms. The quantitative estimate of drug-likeness (QED) is 0.170. The third-order valence-corrected chi connectivity index (χ3v) is 9.40. The van der Waals surface area contributed by atoms with Gasteiger partial charge in [-0.15, -0.1) is 0 Å². The summed E-state index contributed by atoms with van der Waals surface area (Å²) in [6.45, 7) is 0. The van der Waals surface area contributed by atoms with Crippen LogP contribution in [0.25, 0.3) is 88.8 Å². The van der Waals surface area contributed by atoms with E-state index in [0.717, 1.165) is 44.8 Å². The van der Waals surface area contributed by atoms with E-state index in [9.17, 15) is 0 Å². The summed E-state index contributed by atoms with van der Waals surface area (Å²) in [6, 6.07) is 61.9. The summed E-state index contributed by atoms with van der Waals surface area (Å²) in [5.41, 5.74) is 11.9. The number of rotatable bonds is 6. The molecule has 0 spiro atoms. The van der Waals surface area contributed by atoms with E-state index in [1.807, 2.05) is 30.5 Å². The van der Waals surface area contributed by atoms with Crippen LogP contribution in [0, 0.1) is 0 Å². The van der Waals surface area contributed by atoms with E-state index in [1.165, 1.54) is 38.2 Å². The molecule has 7 aromatic carbocycles. The van der Waals surface area contributed by atoms with Crippen molar-refractivity contribution in [3.8, 4) is 67.3 Å². The summed E-state index contributed by atoms with van der Waals surface area (Å²) < 4.78 is 0. The molecular weight excluding hydrogens is 607 g/mol. The minimum atomic E-state index is 0.693. The largest absolute Gasteiger partial charge is 0.264 e. The third kappa shape index (κ3) is 5.41. The van der Waals surface area contributed by atoms with Crippen molar-refractivity contribution in [2.45, 2.75) is 0 Å². The van der Waals surface area contributed by atoms with Gasteiger partial charge in [-0.25, -0.2) is 9.97 Å². The van der Waals surface area contributed by atoms with Gasteiger partial charge in [-0.3, -0.25) is 4.98 Å². The molecule has 2 heterocycles. The van der Waals surface area contributed by atoms with Crippen LogP contribution in [-0.4, -0.2) is 15.0 Å². The monoisotopic (exact) mass is 637 g/mol. The van der Waals surface area contributed by atoms with E-state index < -0.39 is 0 Å². The van der Waals surface area contributed by atoms with Gasteiger partial charge in [0.2, 0.25) is 0 Å². The Hall–Kier alpha value is -6.71. The first kappa shape index (κ1) is 29.4. The Morgan fingerprint density at radius 1 is 0.300 bits per heavy atom. The van der Waals surface area contributed by atoms with E-state index in [-0.39, 0.29) is 0 Å². The van der Waals surface area contributed by atoms with Gasteiger partial charge in [0.25, 0.3) is 0 Å². The molecule has 0 aliphatic heterocycles. The number of benzene rings is 7. The maximum Gasteiger partial charge on any atom is 0.160 e. The van der Waals surface area contributed by atoms with Gasteiger partial charge >= 0.3 is 0 Å². The van der Waals surface area contributed by atoms with Gasteiger partial charge in [-0.1, -0.05) is 164 Å². The number of hydrogen-bond acceptors (Lipinski definition) is 3. The Morgan fingerprint density at radius 2 is 0.700 bits per heavy atom. The lowest BCUT2D eigenvalue weighted by Gasteiger charge is -2.18. The summed E-state index contributed by atoms with van der Waals surface area (Å²) >= 11 is 0. The number of aromatic nitrogens is 3. The van der Waals surface area contributed by atoms with Crippen molar-refractivity contribution in [3.05, 3.63) is 188 Å². The predicted octanol–water partition coefficient (Wildman–Crippen LogP) is 12.2. The van der Waals surface area contributed by atoms with Gasteiger partial charge in [0.05, 0.1) is 11.4 Å². The van der Waals surface area contributed by atoms with Crippen molar-refractivity contribution in [3.63, 3.8) is 0 Å². The highest BCUT2D eigenvalue weighted by atomic mass is 14.9. The number of nitrogens with zero attached hydrogens (tertiary/aromatic N) is 3. The molecule has 9 aromatic rings. The molecule has 0 atom stereocenters. The Morgan fingerprint density at radius 3 is 1.22 bits per heavy atom. The highest BCUT2D eigenvalue weighted by molar-refractivity contribution is 6.21. The van der Waals surface area contributed by atoms with Crippen molar-refractivity contribution in [2.24, 2.45) is 0 Å². The predicted molar refractivity (Wildman–Crippen MR) is 207 cm³/mol. The first-order chi connectivity index (χ1) is 24.8. The molecule has 0 fully saturated rings. The van der Waals surface area contributed by atoms with Gasteiger partial charge in [-0.05, 0) is 67.1 Å². The lowest BCUT2D eigenvalue weighted by Crippen LogP contribution is -1.96.